The molecule has 0 amide bonds. The number of hydrogen-bond donors (Lipinski definition) is 5. The van der Waals surface area contributed by atoms with Crippen LogP contribution in [0, 0.1) is 28.6 Å². The van der Waals surface area contributed by atoms with Gasteiger partial charge >= 0.3 is 5.97 Å². The zero-order valence-corrected chi connectivity index (χ0v) is 20.2. The van der Waals surface area contributed by atoms with E-state index < -0.39 is 42.9 Å². The molecule has 4 aliphatic carbocycles. The first-order valence-corrected chi connectivity index (χ1v) is 13.2. The molecular formula is C26H38O9. The van der Waals surface area contributed by atoms with Gasteiger partial charge in [-0.2, -0.15) is 0 Å². The van der Waals surface area contributed by atoms with Crippen LogP contribution in [-0.4, -0.2) is 87.1 Å². The van der Waals surface area contributed by atoms with Crippen LogP contribution in [0.15, 0.2) is 11.6 Å². The predicted molar refractivity (Wildman–Crippen MR) is 121 cm³/mol. The van der Waals surface area contributed by atoms with Crippen molar-refractivity contribution in [1.29, 1.82) is 0 Å². The molecule has 196 valence electrons. The van der Waals surface area contributed by atoms with Crippen LogP contribution in [0.25, 0.3) is 0 Å². The third-order valence-corrected chi connectivity index (χ3v) is 10.7. The molecule has 9 heteroatoms. The first kappa shape index (κ1) is 24.3. The summed E-state index contributed by atoms with van der Waals surface area (Å²) >= 11 is 0. The van der Waals surface area contributed by atoms with E-state index in [1.807, 2.05) is 0 Å². The van der Waals surface area contributed by atoms with Gasteiger partial charge in [-0.1, -0.05) is 6.92 Å². The summed E-state index contributed by atoms with van der Waals surface area (Å²) in [6.07, 6.45) is 2.33. The maximum Gasteiger partial charge on any atom is 0.331 e. The summed E-state index contributed by atoms with van der Waals surface area (Å²) in [7, 11) is 0. The van der Waals surface area contributed by atoms with Gasteiger partial charge in [-0.15, -0.1) is 0 Å². The number of carbonyl (C=O) groups is 1. The summed E-state index contributed by atoms with van der Waals surface area (Å²) in [5.41, 5.74) is 0.195. The van der Waals surface area contributed by atoms with Gasteiger partial charge in [-0.05, 0) is 85.5 Å². The van der Waals surface area contributed by atoms with Gasteiger partial charge in [0.2, 0.25) is 0 Å². The first-order valence-electron chi connectivity index (χ1n) is 13.2. The Morgan fingerprint density at radius 1 is 1.09 bits per heavy atom. The van der Waals surface area contributed by atoms with E-state index in [1.54, 1.807) is 6.08 Å². The molecular weight excluding hydrogens is 456 g/mol. The molecule has 0 aromatic carbocycles. The molecule has 1 saturated heterocycles. The van der Waals surface area contributed by atoms with E-state index in [2.05, 4.69) is 6.92 Å². The van der Waals surface area contributed by atoms with Gasteiger partial charge < -0.3 is 39.7 Å². The lowest BCUT2D eigenvalue weighted by molar-refractivity contribution is -0.310. The molecule has 0 aromatic heterocycles. The minimum atomic E-state index is -1.50. The molecule has 9 nitrogen and oxygen atoms in total. The second kappa shape index (κ2) is 8.21. The summed E-state index contributed by atoms with van der Waals surface area (Å²) < 4.78 is 16.9. The fourth-order valence-electron chi connectivity index (χ4n) is 9.18. The summed E-state index contributed by atoms with van der Waals surface area (Å²) in [6, 6.07) is 0. The number of aliphatic hydroxyl groups is 5. The highest BCUT2D eigenvalue weighted by atomic mass is 16.7. The Balaban J connectivity index is 1.19. The lowest BCUT2D eigenvalue weighted by Gasteiger charge is -2.60. The molecule has 6 rings (SSSR count). The quantitative estimate of drug-likeness (QED) is 0.351. The van der Waals surface area contributed by atoms with Gasteiger partial charge in [0.05, 0.1) is 18.8 Å². The van der Waals surface area contributed by atoms with E-state index in [9.17, 15) is 30.3 Å². The van der Waals surface area contributed by atoms with Crippen LogP contribution in [-0.2, 0) is 19.0 Å². The molecule has 6 aliphatic rings. The third kappa shape index (κ3) is 3.50. The Morgan fingerprint density at radius 2 is 1.89 bits per heavy atom. The topological polar surface area (TPSA) is 146 Å². The zero-order chi connectivity index (χ0) is 24.8. The average molecular weight is 495 g/mol. The van der Waals surface area contributed by atoms with Crippen molar-refractivity contribution in [2.24, 2.45) is 28.6 Å². The van der Waals surface area contributed by atoms with Crippen molar-refractivity contribution in [3.05, 3.63) is 11.6 Å². The van der Waals surface area contributed by atoms with Crippen molar-refractivity contribution >= 4 is 5.97 Å². The number of ether oxygens (including phenoxy) is 3. The first-order chi connectivity index (χ1) is 16.6. The number of rotatable bonds is 4. The monoisotopic (exact) mass is 494 g/mol. The van der Waals surface area contributed by atoms with E-state index in [4.69, 9.17) is 14.2 Å². The van der Waals surface area contributed by atoms with Crippen LogP contribution in [0.3, 0.4) is 0 Å². The van der Waals surface area contributed by atoms with Crippen LogP contribution in [0.2, 0.25) is 0 Å². The SMILES string of the molecule is C[C@@]12CC[C@H]3OC(=O)C=C3[C@H]1CC[C@@]13C[C@@H](CC[C@H]12)[C@@](O)(CO[C@@H]1O[C@H](CO)[C@@H](O)[C@H](O)[C@H]1O)C3. The Morgan fingerprint density at radius 3 is 2.66 bits per heavy atom. The molecule has 2 bridgehead atoms. The van der Waals surface area contributed by atoms with Crippen molar-refractivity contribution in [3.63, 3.8) is 0 Å². The molecule has 2 heterocycles. The summed E-state index contributed by atoms with van der Waals surface area (Å²) in [4.78, 5) is 12.0. The highest BCUT2D eigenvalue weighted by Crippen LogP contribution is 2.71. The van der Waals surface area contributed by atoms with Crippen LogP contribution in [0.5, 0.6) is 0 Å². The van der Waals surface area contributed by atoms with E-state index in [0.717, 1.165) is 44.9 Å². The van der Waals surface area contributed by atoms with E-state index in [1.165, 1.54) is 5.57 Å². The minimum Gasteiger partial charge on any atom is -0.455 e. The van der Waals surface area contributed by atoms with Gasteiger partial charge in [0, 0.05) is 6.08 Å². The maximum atomic E-state index is 12.0. The Hall–Kier alpha value is -1.07. The maximum absolute atomic E-state index is 12.0. The van der Waals surface area contributed by atoms with Crippen LogP contribution in [0.4, 0.5) is 0 Å². The number of hydrogen-bond acceptors (Lipinski definition) is 9. The van der Waals surface area contributed by atoms with E-state index in [-0.39, 0.29) is 35.4 Å². The van der Waals surface area contributed by atoms with Crippen LogP contribution < -0.4 is 0 Å². The second-order valence-corrected chi connectivity index (χ2v) is 12.4. The molecule has 12 atom stereocenters. The van der Waals surface area contributed by atoms with Crippen LogP contribution >= 0.6 is 0 Å². The molecule has 0 radical (unpaired) electrons. The van der Waals surface area contributed by atoms with Gasteiger partial charge in [0.25, 0.3) is 0 Å². The molecule has 35 heavy (non-hydrogen) atoms. The highest BCUT2D eigenvalue weighted by Gasteiger charge is 2.67. The third-order valence-electron chi connectivity index (χ3n) is 10.7. The van der Waals surface area contributed by atoms with Crippen molar-refractivity contribution < 1.29 is 44.5 Å². The van der Waals surface area contributed by atoms with Crippen molar-refractivity contribution in [2.75, 3.05) is 13.2 Å². The van der Waals surface area contributed by atoms with Crippen molar-refractivity contribution in [3.8, 4) is 0 Å². The number of fused-ring (bicyclic) bond motifs is 5. The molecule has 4 saturated carbocycles. The lowest BCUT2D eigenvalue weighted by Crippen LogP contribution is -2.59. The molecule has 5 N–H and O–H groups in total. The van der Waals surface area contributed by atoms with Crippen molar-refractivity contribution in [1.82, 2.24) is 0 Å². The standard InChI is InChI=1S/C26H38O9/c1-24-6-5-16-14(8-19(28)34-16)15(24)4-7-25-9-13(2-3-18(24)25)26(32,11-25)12-33-23-22(31)21(30)20(29)17(10-27)35-23/h8,13,15-18,20-23,27,29-32H,2-7,9-12H2,1H3/t13-,15-,16-,17-,18+,20-,21+,22-,23-,24-,25+,26+/m1/s1. The second-order valence-electron chi connectivity index (χ2n) is 12.4. The fraction of sp³-hybridized carbons (Fsp3) is 0.885. The molecule has 5 fully saturated rings. The lowest BCUT2D eigenvalue weighted by atomic mass is 9.44. The molecule has 1 spiro atoms. The summed E-state index contributed by atoms with van der Waals surface area (Å²) in [5.74, 6) is 0.664. The predicted octanol–water partition coefficient (Wildman–Crippen LogP) is 0.402. The fourth-order valence-corrected chi connectivity index (χ4v) is 9.18. The Labute approximate surface area is 205 Å². The normalized spacial score (nSPS) is 55.0. The molecule has 0 unspecified atom stereocenters. The summed E-state index contributed by atoms with van der Waals surface area (Å²) in [6.45, 7) is 1.83. The average Bonchev–Trinajstić information content (AvgIpc) is 3.30. The Bertz CT molecular complexity index is 905. The number of aliphatic hydroxyl groups excluding tert-OH is 4. The zero-order valence-electron chi connectivity index (χ0n) is 20.2. The van der Waals surface area contributed by atoms with Gasteiger partial charge in [0.15, 0.2) is 6.29 Å². The van der Waals surface area contributed by atoms with E-state index in [0.29, 0.717) is 18.3 Å². The largest absolute Gasteiger partial charge is 0.455 e. The highest BCUT2D eigenvalue weighted by molar-refractivity contribution is 5.86. The van der Waals surface area contributed by atoms with Gasteiger partial charge in [0.1, 0.15) is 30.5 Å². The van der Waals surface area contributed by atoms with Crippen LogP contribution in [0.1, 0.15) is 58.3 Å². The molecule has 2 aliphatic heterocycles. The number of carbonyl (C=O) groups excluding carboxylic acids is 1. The van der Waals surface area contributed by atoms with Gasteiger partial charge in [-0.25, -0.2) is 4.79 Å². The number of esters is 1. The Kier molecular flexibility index (Phi) is 5.70. The van der Waals surface area contributed by atoms with Gasteiger partial charge in [-0.3, -0.25) is 0 Å². The smallest absolute Gasteiger partial charge is 0.331 e. The summed E-state index contributed by atoms with van der Waals surface area (Å²) in [5, 5.41) is 51.7. The van der Waals surface area contributed by atoms with Crippen molar-refractivity contribution in [2.45, 2.75) is 101 Å². The molecule has 0 aromatic rings. The van der Waals surface area contributed by atoms with E-state index >= 15 is 0 Å². The minimum absolute atomic E-state index is 0.0124.